The van der Waals surface area contributed by atoms with Crippen LogP contribution in [0.25, 0.3) is 0 Å². The molecule has 0 fully saturated rings. The Morgan fingerprint density at radius 3 is 2.58 bits per heavy atom. The van der Waals surface area contributed by atoms with Crippen LogP contribution in [0.2, 0.25) is 0 Å². The van der Waals surface area contributed by atoms with Crippen LogP contribution in [0.4, 0.5) is 5.69 Å². The van der Waals surface area contributed by atoms with Gasteiger partial charge in [-0.3, -0.25) is 4.79 Å². The molecule has 2 rings (SSSR count). The second-order valence-electron chi connectivity index (χ2n) is 4.39. The summed E-state index contributed by atoms with van der Waals surface area (Å²) in [6, 6.07) is 10.5. The maximum Gasteiger partial charge on any atom is 0.255 e. The second kappa shape index (κ2) is 5.45. The van der Waals surface area contributed by atoms with Crippen LogP contribution in [0.3, 0.4) is 0 Å². The molecular weight excluding hydrogens is 306 g/mol. The Bertz CT molecular complexity index is 638. The largest absolute Gasteiger partial charge is 0.508 e. The molecule has 0 saturated carbocycles. The van der Waals surface area contributed by atoms with E-state index in [1.54, 1.807) is 19.1 Å². The highest BCUT2D eigenvalue weighted by molar-refractivity contribution is 9.10. The zero-order valence-electron chi connectivity index (χ0n) is 10.7. The molecular formula is C15H14BrNO2. The van der Waals surface area contributed by atoms with Crippen molar-refractivity contribution in [2.45, 2.75) is 13.8 Å². The number of carbonyl (C=O) groups is 1. The first-order valence-electron chi connectivity index (χ1n) is 5.85. The van der Waals surface area contributed by atoms with E-state index in [2.05, 4.69) is 21.2 Å². The van der Waals surface area contributed by atoms with Crippen LogP contribution in [0.15, 0.2) is 40.9 Å². The van der Waals surface area contributed by atoms with Crippen molar-refractivity contribution >= 4 is 27.5 Å². The molecule has 2 aromatic carbocycles. The molecule has 0 aliphatic carbocycles. The van der Waals surface area contributed by atoms with Crippen LogP contribution in [0, 0.1) is 13.8 Å². The monoisotopic (exact) mass is 319 g/mol. The molecule has 0 unspecified atom stereocenters. The highest BCUT2D eigenvalue weighted by atomic mass is 79.9. The quantitative estimate of drug-likeness (QED) is 0.878. The van der Waals surface area contributed by atoms with E-state index in [1.807, 2.05) is 25.1 Å². The van der Waals surface area contributed by atoms with E-state index in [4.69, 9.17) is 0 Å². The van der Waals surface area contributed by atoms with Gasteiger partial charge in [0.2, 0.25) is 0 Å². The number of hydrogen-bond acceptors (Lipinski definition) is 2. The molecule has 0 aromatic heterocycles. The number of phenols is 1. The van der Waals surface area contributed by atoms with Gasteiger partial charge in [-0.25, -0.2) is 0 Å². The van der Waals surface area contributed by atoms with Gasteiger partial charge in [0, 0.05) is 10.0 Å². The SMILES string of the molecule is Cc1ccc(C(=O)Nc2cccc(C)c2Br)cc1O. The zero-order chi connectivity index (χ0) is 14.0. The number of aryl methyl sites for hydroxylation is 2. The second-order valence-corrected chi connectivity index (χ2v) is 5.18. The van der Waals surface area contributed by atoms with E-state index >= 15 is 0 Å². The van der Waals surface area contributed by atoms with Crippen molar-refractivity contribution in [1.29, 1.82) is 0 Å². The van der Waals surface area contributed by atoms with Crippen LogP contribution >= 0.6 is 15.9 Å². The molecule has 19 heavy (non-hydrogen) atoms. The predicted molar refractivity (Wildman–Crippen MR) is 79.7 cm³/mol. The number of anilines is 1. The van der Waals surface area contributed by atoms with Crippen molar-refractivity contribution in [2.75, 3.05) is 5.32 Å². The Morgan fingerprint density at radius 2 is 1.89 bits per heavy atom. The van der Waals surface area contributed by atoms with Crippen molar-refractivity contribution in [3.8, 4) is 5.75 Å². The van der Waals surface area contributed by atoms with E-state index in [0.717, 1.165) is 15.6 Å². The van der Waals surface area contributed by atoms with Crippen LogP contribution in [0.5, 0.6) is 5.75 Å². The normalized spacial score (nSPS) is 10.3. The summed E-state index contributed by atoms with van der Waals surface area (Å²) in [5.41, 5.74) is 2.93. The minimum absolute atomic E-state index is 0.121. The Kier molecular flexibility index (Phi) is 3.90. The van der Waals surface area contributed by atoms with Gasteiger partial charge in [0.15, 0.2) is 0 Å². The van der Waals surface area contributed by atoms with Crippen LogP contribution in [0.1, 0.15) is 21.5 Å². The maximum atomic E-state index is 12.1. The summed E-state index contributed by atoms with van der Waals surface area (Å²) in [4.78, 5) is 12.1. The third-order valence-electron chi connectivity index (χ3n) is 2.91. The average molecular weight is 320 g/mol. The smallest absolute Gasteiger partial charge is 0.255 e. The van der Waals surface area contributed by atoms with Gasteiger partial charge in [-0.2, -0.15) is 0 Å². The maximum absolute atomic E-state index is 12.1. The molecule has 0 saturated heterocycles. The number of rotatable bonds is 2. The van der Waals surface area contributed by atoms with Gasteiger partial charge in [0.25, 0.3) is 5.91 Å². The molecule has 2 N–H and O–H groups in total. The lowest BCUT2D eigenvalue weighted by molar-refractivity contribution is 0.102. The van der Waals surface area contributed by atoms with E-state index in [0.29, 0.717) is 11.3 Å². The van der Waals surface area contributed by atoms with Crippen molar-refractivity contribution in [3.05, 3.63) is 57.6 Å². The van der Waals surface area contributed by atoms with E-state index in [9.17, 15) is 9.90 Å². The lowest BCUT2D eigenvalue weighted by atomic mass is 10.1. The minimum atomic E-state index is -0.249. The molecule has 0 radical (unpaired) electrons. The molecule has 0 bridgehead atoms. The van der Waals surface area contributed by atoms with Gasteiger partial charge in [-0.05, 0) is 59.1 Å². The average Bonchev–Trinajstić information content (AvgIpc) is 2.38. The Balaban J connectivity index is 2.26. The van der Waals surface area contributed by atoms with Crippen molar-refractivity contribution in [1.82, 2.24) is 0 Å². The number of hydrogen-bond donors (Lipinski definition) is 2. The summed E-state index contributed by atoms with van der Waals surface area (Å²) in [6.07, 6.45) is 0. The summed E-state index contributed by atoms with van der Waals surface area (Å²) in [7, 11) is 0. The molecule has 3 nitrogen and oxygen atoms in total. The molecule has 0 atom stereocenters. The molecule has 0 spiro atoms. The van der Waals surface area contributed by atoms with Crippen LogP contribution in [-0.4, -0.2) is 11.0 Å². The molecule has 98 valence electrons. The lowest BCUT2D eigenvalue weighted by Gasteiger charge is -2.09. The number of carbonyl (C=O) groups excluding carboxylic acids is 1. The Labute approximate surface area is 120 Å². The summed E-state index contributed by atoms with van der Waals surface area (Å²) in [6.45, 7) is 3.74. The number of amides is 1. The van der Waals surface area contributed by atoms with Gasteiger partial charge in [-0.15, -0.1) is 0 Å². The zero-order valence-corrected chi connectivity index (χ0v) is 12.3. The molecule has 0 aliphatic heterocycles. The first-order chi connectivity index (χ1) is 8.99. The van der Waals surface area contributed by atoms with Crippen molar-refractivity contribution in [3.63, 3.8) is 0 Å². The fourth-order valence-corrected chi connectivity index (χ4v) is 2.05. The molecule has 0 aliphatic rings. The predicted octanol–water partition coefficient (Wildman–Crippen LogP) is 4.02. The lowest BCUT2D eigenvalue weighted by Crippen LogP contribution is -2.12. The minimum Gasteiger partial charge on any atom is -0.508 e. The fraction of sp³-hybridized carbons (Fsp3) is 0.133. The third kappa shape index (κ3) is 2.96. The topological polar surface area (TPSA) is 49.3 Å². The number of nitrogens with one attached hydrogen (secondary N) is 1. The fourth-order valence-electron chi connectivity index (χ4n) is 1.69. The van der Waals surface area contributed by atoms with Gasteiger partial charge in [0.05, 0.1) is 5.69 Å². The first kappa shape index (κ1) is 13.6. The van der Waals surface area contributed by atoms with Crippen molar-refractivity contribution < 1.29 is 9.90 Å². The van der Waals surface area contributed by atoms with Crippen LogP contribution in [-0.2, 0) is 0 Å². The van der Waals surface area contributed by atoms with Gasteiger partial charge >= 0.3 is 0 Å². The third-order valence-corrected chi connectivity index (χ3v) is 3.96. The van der Waals surface area contributed by atoms with E-state index < -0.39 is 0 Å². The summed E-state index contributed by atoms with van der Waals surface area (Å²) < 4.78 is 0.861. The number of phenolic OH excluding ortho intramolecular Hbond substituents is 1. The van der Waals surface area contributed by atoms with Gasteiger partial charge in [-0.1, -0.05) is 18.2 Å². The highest BCUT2D eigenvalue weighted by Gasteiger charge is 2.10. The summed E-state index contributed by atoms with van der Waals surface area (Å²) >= 11 is 3.44. The number of halogens is 1. The molecule has 0 heterocycles. The summed E-state index contributed by atoms with van der Waals surface area (Å²) in [5.74, 6) is -0.127. The molecule has 1 amide bonds. The molecule has 2 aromatic rings. The Morgan fingerprint density at radius 1 is 1.16 bits per heavy atom. The molecule has 4 heteroatoms. The number of aromatic hydroxyl groups is 1. The Hall–Kier alpha value is -1.81. The van der Waals surface area contributed by atoms with E-state index in [1.165, 1.54) is 6.07 Å². The van der Waals surface area contributed by atoms with Gasteiger partial charge in [0.1, 0.15) is 5.75 Å². The standard InChI is InChI=1S/C15H14BrNO2/c1-9-6-7-11(8-13(9)18)15(19)17-12-5-3-4-10(2)14(12)16/h3-8,18H,1-2H3,(H,17,19). The number of benzene rings is 2. The van der Waals surface area contributed by atoms with Crippen LogP contribution < -0.4 is 5.32 Å². The van der Waals surface area contributed by atoms with E-state index in [-0.39, 0.29) is 11.7 Å². The first-order valence-corrected chi connectivity index (χ1v) is 6.64. The van der Waals surface area contributed by atoms with Crippen molar-refractivity contribution in [2.24, 2.45) is 0 Å². The van der Waals surface area contributed by atoms with Gasteiger partial charge < -0.3 is 10.4 Å². The highest BCUT2D eigenvalue weighted by Crippen LogP contribution is 2.26. The summed E-state index contributed by atoms with van der Waals surface area (Å²) in [5, 5.41) is 12.4.